The van der Waals surface area contributed by atoms with E-state index in [2.05, 4.69) is 46.1 Å². The zero-order valence-electron chi connectivity index (χ0n) is 18.2. The fourth-order valence-electron chi connectivity index (χ4n) is 5.53. The molecule has 31 heavy (non-hydrogen) atoms. The number of aromatic hydroxyl groups is 1. The average Bonchev–Trinajstić information content (AvgIpc) is 3.42. The summed E-state index contributed by atoms with van der Waals surface area (Å²) in [5, 5.41) is 13.3. The van der Waals surface area contributed by atoms with E-state index in [1.165, 1.54) is 5.57 Å². The van der Waals surface area contributed by atoms with Gasteiger partial charge in [-0.25, -0.2) is 14.8 Å². The van der Waals surface area contributed by atoms with Crippen LogP contribution in [0.1, 0.15) is 67.7 Å². The number of hydrogen-bond donors (Lipinski definition) is 5. The maximum Gasteiger partial charge on any atom is 0.125 e. The molecule has 5 rings (SSSR count). The Morgan fingerprint density at radius 1 is 1.23 bits per heavy atom. The number of alkyl halides is 1. The predicted molar refractivity (Wildman–Crippen MR) is 119 cm³/mol. The number of nitrogens with one attached hydrogen (secondary N) is 4. The number of halogens is 1. The van der Waals surface area contributed by atoms with E-state index < -0.39 is 6.17 Å². The molecule has 5 unspecified atom stereocenters. The van der Waals surface area contributed by atoms with Crippen LogP contribution in [-0.4, -0.2) is 39.9 Å². The lowest BCUT2D eigenvalue weighted by atomic mass is 9.71. The molecule has 1 aromatic heterocycles. The Balaban J connectivity index is 1.33. The van der Waals surface area contributed by atoms with E-state index in [1.807, 2.05) is 12.3 Å². The van der Waals surface area contributed by atoms with Crippen LogP contribution in [0.25, 0.3) is 5.57 Å². The Bertz CT molecular complexity index is 973. The van der Waals surface area contributed by atoms with Gasteiger partial charge in [0.25, 0.3) is 0 Å². The lowest BCUT2D eigenvalue weighted by molar-refractivity contribution is 0.135. The van der Waals surface area contributed by atoms with Crippen LogP contribution in [-0.2, 0) is 6.42 Å². The van der Waals surface area contributed by atoms with Gasteiger partial charge in [0.05, 0.1) is 24.0 Å². The highest BCUT2D eigenvalue weighted by atomic mass is 19.1. The quantitative estimate of drug-likeness (QED) is 0.518. The van der Waals surface area contributed by atoms with Crippen LogP contribution < -0.4 is 16.2 Å². The van der Waals surface area contributed by atoms with E-state index in [-0.39, 0.29) is 29.7 Å². The number of rotatable bonds is 4. The molecule has 6 atom stereocenters. The number of benzene rings is 1. The second kappa shape index (κ2) is 8.37. The highest BCUT2D eigenvalue weighted by molar-refractivity contribution is 5.64. The summed E-state index contributed by atoms with van der Waals surface area (Å²) in [6, 6.07) is 5.57. The fraction of sp³-hybridized carbons (Fsp3) is 0.542. The molecule has 0 amide bonds. The van der Waals surface area contributed by atoms with Crippen molar-refractivity contribution in [3.63, 3.8) is 0 Å². The van der Waals surface area contributed by atoms with Crippen LogP contribution in [0.4, 0.5) is 4.39 Å². The first-order chi connectivity index (χ1) is 15.0. The lowest BCUT2D eigenvalue weighted by Gasteiger charge is -2.36. The highest BCUT2D eigenvalue weighted by Crippen LogP contribution is 2.45. The van der Waals surface area contributed by atoms with Gasteiger partial charge in [-0.3, -0.25) is 5.43 Å². The van der Waals surface area contributed by atoms with Gasteiger partial charge in [-0.15, -0.1) is 0 Å². The minimum absolute atomic E-state index is 0.0283. The van der Waals surface area contributed by atoms with Crippen molar-refractivity contribution in [2.45, 2.75) is 69.7 Å². The van der Waals surface area contributed by atoms with Crippen molar-refractivity contribution in [2.75, 3.05) is 6.54 Å². The molecular weight excluding hydrogens is 393 g/mol. The number of aryl methyl sites for hydroxylation is 1. The second-order valence-electron chi connectivity index (χ2n) is 9.25. The molecule has 1 aromatic carbocycles. The molecule has 1 saturated carbocycles. The van der Waals surface area contributed by atoms with Gasteiger partial charge >= 0.3 is 0 Å². The third-order valence-electron chi connectivity index (χ3n) is 7.34. The topological polar surface area (TPSA) is 85.0 Å². The van der Waals surface area contributed by atoms with E-state index >= 15 is 4.39 Å². The second-order valence-corrected chi connectivity index (χ2v) is 9.25. The maximum atomic E-state index is 15.7. The highest BCUT2D eigenvalue weighted by Gasteiger charge is 2.48. The monoisotopic (exact) mass is 425 g/mol. The Morgan fingerprint density at radius 3 is 2.87 bits per heavy atom. The van der Waals surface area contributed by atoms with Gasteiger partial charge in [0.15, 0.2) is 0 Å². The third kappa shape index (κ3) is 3.79. The lowest BCUT2D eigenvalue weighted by Crippen LogP contribution is -2.45. The number of H-pyrrole nitrogens is 1. The van der Waals surface area contributed by atoms with Crippen molar-refractivity contribution < 1.29 is 9.50 Å². The first-order valence-electron chi connectivity index (χ1n) is 11.5. The van der Waals surface area contributed by atoms with Gasteiger partial charge in [0.1, 0.15) is 17.7 Å². The molecule has 2 aromatic rings. The fourth-order valence-corrected chi connectivity index (χ4v) is 5.53. The van der Waals surface area contributed by atoms with Gasteiger partial charge in [-0.2, -0.15) is 0 Å². The number of imidazole rings is 1. The molecule has 3 aliphatic rings. The van der Waals surface area contributed by atoms with E-state index in [9.17, 15) is 5.11 Å². The van der Waals surface area contributed by atoms with Crippen molar-refractivity contribution >= 4 is 5.57 Å². The summed E-state index contributed by atoms with van der Waals surface area (Å²) in [5.74, 6) is 1.11. The minimum atomic E-state index is -0.993. The molecule has 1 saturated heterocycles. The predicted octanol–water partition coefficient (Wildman–Crippen LogP) is 3.49. The Morgan fingerprint density at radius 2 is 2.10 bits per heavy atom. The molecule has 6 nitrogen and oxygen atoms in total. The zero-order chi connectivity index (χ0) is 21.5. The summed E-state index contributed by atoms with van der Waals surface area (Å²) < 4.78 is 15.7. The Labute approximate surface area is 182 Å². The Hall–Kier alpha value is -2.22. The number of nitrogens with zero attached hydrogens (tertiary/aromatic N) is 1. The summed E-state index contributed by atoms with van der Waals surface area (Å²) in [7, 11) is 0. The van der Waals surface area contributed by atoms with Gasteiger partial charge in [-0.05, 0) is 61.4 Å². The van der Waals surface area contributed by atoms with E-state index in [0.717, 1.165) is 54.9 Å². The van der Waals surface area contributed by atoms with Gasteiger partial charge in [0.2, 0.25) is 0 Å². The summed E-state index contributed by atoms with van der Waals surface area (Å²) in [6.07, 6.45) is 6.69. The van der Waals surface area contributed by atoms with E-state index in [4.69, 9.17) is 0 Å². The number of aromatic nitrogens is 2. The number of hydrazine groups is 1. The first kappa shape index (κ1) is 20.7. The molecular formula is C24H32FN5O. The molecule has 1 aliphatic carbocycles. The van der Waals surface area contributed by atoms with Crippen LogP contribution in [0.15, 0.2) is 30.5 Å². The molecule has 3 heterocycles. The van der Waals surface area contributed by atoms with Crippen molar-refractivity contribution in [1.82, 2.24) is 26.1 Å². The van der Waals surface area contributed by atoms with Crippen molar-refractivity contribution in [3.05, 3.63) is 53.1 Å². The molecule has 0 radical (unpaired) electrons. The molecule has 2 fully saturated rings. The van der Waals surface area contributed by atoms with Crippen LogP contribution in [0.5, 0.6) is 5.75 Å². The number of phenolic OH excluding ortho intramolecular Hbond substituents is 1. The largest absolute Gasteiger partial charge is 0.508 e. The standard InChI is InChI=1S/C24H32FN5O/c1-3-14-10-16(31)6-7-17(14)18-8-9-19-22(21(18)25)29-30-23(19)24-27-12-20(28-24)15-5-4-13(2)26-11-15/h5-7,10,12-13,18-19,21-23,26,29-31H,3-4,8-9,11H2,1-2H3,(H,27,28)/t13-,18?,19?,21?,22?,23?/m0/s1. The van der Waals surface area contributed by atoms with Crippen molar-refractivity contribution in [3.8, 4) is 5.75 Å². The molecule has 2 aliphatic heterocycles. The van der Waals surface area contributed by atoms with Gasteiger partial charge in [0, 0.05) is 24.4 Å². The molecule has 166 valence electrons. The average molecular weight is 426 g/mol. The molecule has 5 N–H and O–H groups in total. The number of hydrogen-bond acceptors (Lipinski definition) is 5. The minimum Gasteiger partial charge on any atom is -0.508 e. The van der Waals surface area contributed by atoms with Crippen LogP contribution >= 0.6 is 0 Å². The number of fused-ring (bicyclic) bond motifs is 1. The van der Waals surface area contributed by atoms with Crippen LogP contribution in [0.3, 0.4) is 0 Å². The molecule has 0 spiro atoms. The summed E-state index contributed by atoms with van der Waals surface area (Å²) in [6.45, 7) is 5.08. The smallest absolute Gasteiger partial charge is 0.125 e. The van der Waals surface area contributed by atoms with Crippen LogP contribution in [0.2, 0.25) is 0 Å². The summed E-state index contributed by atoms with van der Waals surface area (Å²) >= 11 is 0. The molecule has 7 heteroatoms. The van der Waals surface area contributed by atoms with Gasteiger partial charge in [-0.1, -0.05) is 19.1 Å². The SMILES string of the molecule is CCc1cc(O)ccc1C1CCC2C(c3ncc(C4=CC[C@H](C)NC4)[nH]3)NNC2C1F. The number of aromatic amines is 1. The molecule has 0 bridgehead atoms. The first-order valence-corrected chi connectivity index (χ1v) is 11.5. The van der Waals surface area contributed by atoms with E-state index in [0.29, 0.717) is 6.04 Å². The summed E-state index contributed by atoms with van der Waals surface area (Å²) in [5.41, 5.74) is 10.9. The zero-order valence-corrected chi connectivity index (χ0v) is 18.2. The van der Waals surface area contributed by atoms with Gasteiger partial charge < -0.3 is 15.4 Å². The van der Waals surface area contributed by atoms with E-state index in [1.54, 1.807) is 12.1 Å². The number of phenols is 1. The van der Waals surface area contributed by atoms with Crippen LogP contribution in [0, 0.1) is 5.92 Å². The van der Waals surface area contributed by atoms with Crippen molar-refractivity contribution in [1.29, 1.82) is 0 Å². The maximum absolute atomic E-state index is 15.7. The Kier molecular flexibility index (Phi) is 5.58. The summed E-state index contributed by atoms with van der Waals surface area (Å²) in [4.78, 5) is 8.13. The van der Waals surface area contributed by atoms with Crippen molar-refractivity contribution in [2.24, 2.45) is 5.92 Å². The normalized spacial score (nSPS) is 33.2. The third-order valence-corrected chi connectivity index (χ3v) is 7.34.